The van der Waals surface area contributed by atoms with Crippen LogP contribution in [0.2, 0.25) is 0 Å². The normalized spacial score (nSPS) is 14.2. The predicted octanol–water partition coefficient (Wildman–Crippen LogP) is 3.57. The molecule has 0 amide bonds. The molecule has 0 radical (unpaired) electrons. The Morgan fingerprint density at radius 2 is 2.00 bits per heavy atom. The molecular formula is C14H12BrF2NO. The molecule has 0 saturated heterocycles. The first-order valence-electron chi connectivity index (χ1n) is 5.66. The number of nitrogens with zero attached hydrogens (tertiary/aromatic N) is 1. The second kappa shape index (κ2) is 5.35. The number of hydrogen-bond acceptors (Lipinski definition) is 2. The van der Waals surface area contributed by atoms with Gasteiger partial charge >= 0.3 is 0 Å². The van der Waals surface area contributed by atoms with Crippen LogP contribution in [0.25, 0.3) is 0 Å². The maximum Gasteiger partial charge on any atom is 0.141 e. The first-order chi connectivity index (χ1) is 8.88. The number of hydrogen-bond donors (Lipinski definition) is 1. The molecule has 2 aromatic rings. The maximum absolute atomic E-state index is 13.7. The van der Waals surface area contributed by atoms with E-state index in [9.17, 15) is 13.9 Å². The molecule has 100 valence electrons. The second-order valence-corrected chi connectivity index (χ2v) is 5.49. The van der Waals surface area contributed by atoms with Crippen molar-refractivity contribution in [1.29, 1.82) is 0 Å². The van der Waals surface area contributed by atoms with Gasteiger partial charge in [0.2, 0.25) is 0 Å². The molecule has 0 aliphatic carbocycles. The van der Waals surface area contributed by atoms with Gasteiger partial charge in [-0.25, -0.2) is 8.78 Å². The van der Waals surface area contributed by atoms with Gasteiger partial charge in [0.15, 0.2) is 0 Å². The van der Waals surface area contributed by atoms with E-state index < -0.39 is 17.2 Å². The average molecular weight is 328 g/mol. The van der Waals surface area contributed by atoms with E-state index in [1.807, 2.05) is 0 Å². The molecule has 19 heavy (non-hydrogen) atoms. The summed E-state index contributed by atoms with van der Waals surface area (Å²) in [7, 11) is 0. The number of halogens is 3. The lowest BCUT2D eigenvalue weighted by Gasteiger charge is -2.24. The van der Waals surface area contributed by atoms with Gasteiger partial charge in [-0.1, -0.05) is 22.0 Å². The Bertz CT molecular complexity index is 602. The Morgan fingerprint density at radius 1 is 1.26 bits per heavy atom. The summed E-state index contributed by atoms with van der Waals surface area (Å²) in [5.41, 5.74) is -0.712. The molecule has 2 rings (SSSR count). The molecule has 1 atom stereocenters. The Kier molecular flexibility index (Phi) is 3.96. The Morgan fingerprint density at radius 3 is 2.63 bits per heavy atom. The van der Waals surface area contributed by atoms with Crippen molar-refractivity contribution in [2.24, 2.45) is 0 Å². The highest BCUT2D eigenvalue weighted by molar-refractivity contribution is 9.10. The third-order valence-electron chi connectivity index (χ3n) is 2.88. The van der Waals surface area contributed by atoms with E-state index in [1.54, 1.807) is 12.1 Å². The molecule has 5 heteroatoms. The van der Waals surface area contributed by atoms with E-state index in [2.05, 4.69) is 20.9 Å². The summed E-state index contributed by atoms with van der Waals surface area (Å²) in [4.78, 5) is 3.69. The molecule has 0 aliphatic rings. The second-order valence-electron chi connectivity index (χ2n) is 4.58. The highest BCUT2D eigenvalue weighted by atomic mass is 79.9. The lowest BCUT2D eigenvalue weighted by molar-refractivity contribution is 0.0560. The molecule has 2 nitrogen and oxygen atoms in total. The van der Waals surface area contributed by atoms with Gasteiger partial charge in [-0.2, -0.15) is 0 Å². The minimum Gasteiger partial charge on any atom is -0.385 e. The lowest BCUT2D eigenvalue weighted by Crippen LogP contribution is -2.25. The SMILES string of the molecule is CC(O)(Cc1ccc(Br)cc1F)c1cncc(F)c1. The average Bonchev–Trinajstić information content (AvgIpc) is 2.33. The van der Waals surface area contributed by atoms with Crippen LogP contribution in [0.1, 0.15) is 18.1 Å². The summed E-state index contributed by atoms with van der Waals surface area (Å²) < 4.78 is 27.5. The summed E-state index contributed by atoms with van der Waals surface area (Å²) in [6, 6.07) is 5.80. The van der Waals surface area contributed by atoms with Crippen LogP contribution >= 0.6 is 15.9 Å². The molecule has 0 bridgehead atoms. The standard InChI is InChI=1S/C14H12BrF2NO/c1-14(19,10-4-12(16)8-18-7-10)6-9-2-3-11(15)5-13(9)17/h2-5,7-8,19H,6H2,1H3. The molecule has 1 heterocycles. The number of aliphatic hydroxyl groups is 1. The van der Waals surface area contributed by atoms with Gasteiger partial charge < -0.3 is 5.11 Å². The summed E-state index contributed by atoms with van der Waals surface area (Å²) >= 11 is 3.17. The lowest BCUT2D eigenvalue weighted by atomic mass is 9.90. The summed E-state index contributed by atoms with van der Waals surface area (Å²) in [6.07, 6.45) is 2.47. The van der Waals surface area contributed by atoms with E-state index in [0.717, 1.165) is 6.20 Å². The molecule has 1 aromatic heterocycles. The number of rotatable bonds is 3. The fraction of sp³-hybridized carbons (Fsp3) is 0.214. The summed E-state index contributed by atoms with van der Waals surface area (Å²) in [6.45, 7) is 1.50. The van der Waals surface area contributed by atoms with Crippen LogP contribution in [0.3, 0.4) is 0 Å². The van der Waals surface area contributed by atoms with Crippen molar-refractivity contribution in [3.8, 4) is 0 Å². The van der Waals surface area contributed by atoms with Crippen LogP contribution in [0.15, 0.2) is 41.1 Å². The van der Waals surface area contributed by atoms with Crippen molar-refractivity contribution in [1.82, 2.24) is 4.98 Å². The smallest absolute Gasteiger partial charge is 0.141 e. The fourth-order valence-corrected chi connectivity index (χ4v) is 2.18. The first-order valence-corrected chi connectivity index (χ1v) is 6.45. The molecule has 0 saturated carbocycles. The number of pyridine rings is 1. The van der Waals surface area contributed by atoms with Crippen molar-refractivity contribution in [3.05, 3.63) is 63.9 Å². The molecule has 0 spiro atoms. The van der Waals surface area contributed by atoms with Crippen LogP contribution in [-0.4, -0.2) is 10.1 Å². The molecule has 1 N–H and O–H groups in total. The van der Waals surface area contributed by atoms with Crippen LogP contribution in [0, 0.1) is 11.6 Å². The van der Waals surface area contributed by atoms with Crippen molar-refractivity contribution in [2.45, 2.75) is 18.9 Å². The largest absolute Gasteiger partial charge is 0.385 e. The van der Waals surface area contributed by atoms with Crippen LogP contribution in [-0.2, 0) is 12.0 Å². The third kappa shape index (κ3) is 3.36. The van der Waals surface area contributed by atoms with Crippen molar-refractivity contribution < 1.29 is 13.9 Å². The predicted molar refractivity (Wildman–Crippen MR) is 71.6 cm³/mol. The van der Waals surface area contributed by atoms with Crippen LogP contribution in [0.5, 0.6) is 0 Å². The van der Waals surface area contributed by atoms with Crippen molar-refractivity contribution >= 4 is 15.9 Å². The quantitative estimate of drug-likeness (QED) is 0.934. The molecule has 1 unspecified atom stereocenters. The highest BCUT2D eigenvalue weighted by Gasteiger charge is 2.25. The number of benzene rings is 1. The van der Waals surface area contributed by atoms with E-state index in [1.165, 1.54) is 25.3 Å². The van der Waals surface area contributed by atoms with E-state index in [4.69, 9.17) is 0 Å². The van der Waals surface area contributed by atoms with Crippen LogP contribution in [0.4, 0.5) is 8.78 Å². The van der Waals surface area contributed by atoms with Gasteiger partial charge in [0.25, 0.3) is 0 Å². The zero-order chi connectivity index (χ0) is 14.0. The summed E-state index contributed by atoms with van der Waals surface area (Å²) in [5, 5.41) is 10.4. The van der Waals surface area contributed by atoms with E-state index in [-0.39, 0.29) is 6.42 Å². The third-order valence-corrected chi connectivity index (χ3v) is 3.37. The zero-order valence-corrected chi connectivity index (χ0v) is 11.8. The minimum atomic E-state index is -1.39. The zero-order valence-electron chi connectivity index (χ0n) is 10.2. The van der Waals surface area contributed by atoms with Gasteiger partial charge in [0.1, 0.15) is 11.6 Å². The Hall–Kier alpha value is -1.33. The molecule has 1 aromatic carbocycles. The molecule has 0 fully saturated rings. The van der Waals surface area contributed by atoms with Gasteiger partial charge in [-0.05, 0) is 30.7 Å². The highest BCUT2D eigenvalue weighted by Crippen LogP contribution is 2.27. The van der Waals surface area contributed by atoms with E-state index >= 15 is 0 Å². The Labute approximate surface area is 118 Å². The van der Waals surface area contributed by atoms with Gasteiger partial charge in [-0.15, -0.1) is 0 Å². The molecule has 0 aliphatic heterocycles. The first kappa shape index (κ1) is 14.1. The van der Waals surface area contributed by atoms with Gasteiger partial charge in [-0.3, -0.25) is 4.98 Å². The van der Waals surface area contributed by atoms with E-state index in [0.29, 0.717) is 15.6 Å². The summed E-state index contributed by atoms with van der Waals surface area (Å²) in [5.74, 6) is -0.951. The monoisotopic (exact) mass is 327 g/mol. The molecular weight excluding hydrogens is 316 g/mol. The van der Waals surface area contributed by atoms with Gasteiger partial charge in [0, 0.05) is 22.7 Å². The topological polar surface area (TPSA) is 33.1 Å². The maximum atomic E-state index is 13.7. The van der Waals surface area contributed by atoms with Crippen LogP contribution < -0.4 is 0 Å². The van der Waals surface area contributed by atoms with Gasteiger partial charge in [0.05, 0.1) is 11.8 Å². The fourth-order valence-electron chi connectivity index (χ4n) is 1.84. The number of aromatic nitrogens is 1. The minimum absolute atomic E-state index is 0.0389. The Balaban J connectivity index is 2.30. The van der Waals surface area contributed by atoms with Crippen molar-refractivity contribution in [2.75, 3.05) is 0 Å². The van der Waals surface area contributed by atoms with Crippen molar-refractivity contribution in [3.63, 3.8) is 0 Å².